The molecule has 0 amide bonds. The van der Waals surface area contributed by atoms with Crippen molar-refractivity contribution in [3.8, 4) is 17.2 Å². The Morgan fingerprint density at radius 3 is 2.05 bits per heavy atom. The number of benzene rings is 2. The highest BCUT2D eigenvalue weighted by molar-refractivity contribution is 6.49. The Morgan fingerprint density at radius 2 is 1.53 bits per heavy atom. The van der Waals surface area contributed by atoms with E-state index in [4.69, 9.17) is 0 Å². The molecule has 0 unspecified atom stereocenters. The van der Waals surface area contributed by atoms with Crippen LogP contribution >= 0.6 is 0 Å². The highest BCUT2D eigenvalue weighted by atomic mass is 28.2. The van der Waals surface area contributed by atoms with Crippen LogP contribution in [0.25, 0.3) is 10.8 Å². The normalized spacial score (nSPS) is 12.0. The van der Waals surface area contributed by atoms with Crippen LogP contribution < -0.4 is 5.19 Å². The average Bonchev–Trinajstić information content (AvgIpc) is 2.35. The van der Waals surface area contributed by atoms with E-state index in [0.29, 0.717) is 10.8 Å². The number of phenolic OH excluding ortho intramolecular Hbond substituents is 3. The van der Waals surface area contributed by atoms with Gasteiger partial charge in [0.2, 0.25) is 0 Å². The van der Waals surface area contributed by atoms with Gasteiger partial charge >= 0.3 is 0 Å². The molecule has 2 aromatic rings. The summed E-state index contributed by atoms with van der Waals surface area (Å²) in [5.41, 5.74) is 0.892. The fourth-order valence-corrected chi connectivity index (χ4v) is 2.48. The molecule has 0 saturated heterocycles. The first kappa shape index (κ1) is 13.7. The van der Waals surface area contributed by atoms with Crippen molar-refractivity contribution < 1.29 is 20.1 Å². The van der Waals surface area contributed by atoms with Crippen LogP contribution in [0, 0.1) is 0 Å². The topological polar surface area (TPSA) is 80.9 Å². The molecule has 0 aromatic heterocycles. The van der Waals surface area contributed by atoms with Gasteiger partial charge in [-0.3, -0.25) is 0 Å². The third-order valence-electron chi connectivity index (χ3n) is 3.21. The minimum Gasteiger partial charge on any atom is -0.507 e. The summed E-state index contributed by atoms with van der Waals surface area (Å²) in [6, 6.07) is 5.28. The Morgan fingerprint density at radius 1 is 0.895 bits per heavy atom. The zero-order valence-corrected chi connectivity index (χ0v) is 12.0. The fraction of sp³-hybridized carbons (Fsp3) is 0.286. The Balaban J connectivity index is 2.86. The van der Waals surface area contributed by atoms with E-state index in [1.165, 1.54) is 0 Å². The molecule has 4 N–H and O–H groups in total. The molecule has 0 fully saturated rings. The van der Waals surface area contributed by atoms with Gasteiger partial charge in [-0.25, -0.2) is 0 Å². The zero-order chi connectivity index (χ0) is 14.4. The van der Waals surface area contributed by atoms with Crippen molar-refractivity contribution in [2.45, 2.75) is 26.2 Å². The molecule has 0 atom stereocenters. The second-order valence-electron chi connectivity index (χ2n) is 5.54. The first-order valence-corrected chi connectivity index (χ1v) is 6.83. The molecule has 0 saturated carbocycles. The molecule has 2 radical (unpaired) electrons. The van der Waals surface area contributed by atoms with Crippen LogP contribution in [0.1, 0.15) is 26.3 Å². The maximum Gasteiger partial charge on any atom is 0.273 e. The number of aromatic hydroxyl groups is 3. The van der Waals surface area contributed by atoms with Crippen molar-refractivity contribution in [2.24, 2.45) is 0 Å². The largest absolute Gasteiger partial charge is 0.507 e. The van der Waals surface area contributed by atoms with Crippen molar-refractivity contribution in [3.63, 3.8) is 0 Å². The molecule has 0 bridgehead atoms. The summed E-state index contributed by atoms with van der Waals surface area (Å²) in [5.74, 6) is -0.962. The molecule has 0 aliphatic heterocycles. The average molecular weight is 276 g/mol. The second kappa shape index (κ2) is 4.43. The molecule has 2 aromatic carbocycles. The van der Waals surface area contributed by atoms with Gasteiger partial charge in [-0.1, -0.05) is 32.9 Å². The van der Waals surface area contributed by atoms with E-state index in [9.17, 15) is 20.1 Å². The van der Waals surface area contributed by atoms with E-state index < -0.39 is 15.5 Å². The van der Waals surface area contributed by atoms with Crippen LogP contribution in [0.15, 0.2) is 18.2 Å². The molecule has 100 valence electrons. The monoisotopic (exact) mass is 276 g/mol. The Kier molecular flexibility index (Phi) is 3.20. The number of phenols is 3. The molecule has 0 heterocycles. The van der Waals surface area contributed by atoms with E-state index >= 15 is 0 Å². The third-order valence-corrected chi connectivity index (χ3v) is 3.90. The maximum atomic E-state index is 10.1. The van der Waals surface area contributed by atoms with E-state index in [1.54, 1.807) is 12.1 Å². The minimum absolute atomic E-state index is 0.0314. The van der Waals surface area contributed by atoms with Gasteiger partial charge in [0, 0.05) is 10.8 Å². The standard InChI is InChI=1S/C14H16O4Si/c1-14(2,3)7-4-5-8-9(6-7)11(16)13(19-18)12(17)10(8)15/h4-6,15-18H,1-3H3. The molecule has 4 nitrogen and oxygen atoms in total. The molecular formula is C14H16O4Si. The van der Waals surface area contributed by atoms with Crippen molar-refractivity contribution >= 4 is 25.7 Å². The highest BCUT2D eigenvalue weighted by Crippen LogP contribution is 2.39. The van der Waals surface area contributed by atoms with Gasteiger partial charge in [0.25, 0.3) is 9.76 Å². The van der Waals surface area contributed by atoms with Gasteiger partial charge in [-0.2, -0.15) is 0 Å². The number of fused-ring (bicyclic) bond motifs is 1. The molecule has 2 rings (SSSR count). The fourth-order valence-electron chi connectivity index (χ4n) is 2.01. The summed E-state index contributed by atoms with van der Waals surface area (Å²) in [5, 5.41) is 30.5. The molecule has 0 aliphatic rings. The summed E-state index contributed by atoms with van der Waals surface area (Å²) in [6.45, 7) is 6.13. The van der Waals surface area contributed by atoms with Crippen molar-refractivity contribution in [2.75, 3.05) is 0 Å². The lowest BCUT2D eigenvalue weighted by molar-refractivity contribution is 0.405. The quantitative estimate of drug-likeness (QED) is 0.361. The Bertz CT molecular complexity index is 644. The maximum absolute atomic E-state index is 10.1. The minimum atomic E-state index is -0.789. The van der Waals surface area contributed by atoms with Crippen LogP contribution in [0.5, 0.6) is 17.2 Å². The predicted octanol–water partition coefficient (Wildman–Crippen LogP) is 1.49. The van der Waals surface area contributed by atoms with E-state index in [2.05, 4.69) is 0 Å². The number of hydrogen-bond donors (Lipinski definition) is 4. The van der Waals surface area contributed by atoms with E-state index in [1.807, 2.05) is 26.8 Å². The van der Waals surface area contributed by atoms with Crippen molar-refractivity contribution in [1.29, 1.82) is 0 Å². The van der Waals surface area contributed by atoms with Gasteiger partial charge in [-0.15, -0.1) is 0 Å². The lowest BCUT2D eigenvalue weighted by atomic mass is 9.85. The summed E-state index contributed by atoms with van der Waals surface area (Å²) < 4.78 is 0. The molecular weight excluding hydrogens is 260 g/mol. The van der Waals surface area contributed by atoms with Crippen LogP contribution in [0.2, 0.25) is 0 Å². The summed E-state index contributed by atoms with van der Waals surface area (Å²) in [4.78, 5) is 9.21. The van der Waals surface area contributed by atoms with Gasteiger partial charge in [-0.05, 0) is 17.0 Å². The van der Waals surface area contributed by atoms with E-state index in [0.717, 1.165) is 5.56 Å². The van der Waals surface area contributed by atoms with Crippen molar-refractivity contribution in [1.82, 2.24) is 0 Å². The summed E-state index contributed by atoms with van der Waals surface area (Å²) >= 11 is 0. The third kappa shape index (κ3) is 2.15. The predicted molar refractivity (Wildman–Crippen MR) is 75.2 cm³/mol. The molecule has 5 heteroatoms. The lowest BCUT2D eigenvalue weighted by Crippen LogP contribution is -2.15. The van der Waals surface area contributed by atoms with Gasteiger partial charge in [0.15, 0.2) is 11.5 Å². The molecule has 0 spiro atoms. The van der Waals surface area contributed by atoms with Gasteiger partial charge < -0.3 is 20.1 Å². The second-order valence-corrected chi connectivity index (χ2v) is 6.27. The lowest BCUT2D eigenvalue weighted by Gasteiger charge is -2.20. The zero-order valence-electron chi connectivity index (χ0n) is 11.0. The van der Waals surface area contributed by atoms with Gasteiger partial charge in [0.1, 0.15) is 5.75 Å². The smallest absolute Gasteiger partial charge is 0.273 e. The van der Waals surface area contributed by atoms with Gasteiger partial charge in [0.05, 0.1) is 5.19 Å². The van der Waals surface area contributed by atoms with Crippen LogP contribution in [-0.2, 0) is 5.41 Å². The van der Waals surface area contributed by atoms with Crippen LogP contribution in [0.4, 0.5) is 0 Å². The summed E-state index contributed by atoms with van der Waals surface area (Å²) in [7, 11) is -0.789. The first-order chi connectivity index (χ1) is 8.77. The Labute approximate surface area is 113 Å². The molecule has 19 heavy (non-hydrogen) atoms. The van der Waals surface area contributed by atoms with Crippen LogP contribution in [-0.4, -0.2) is 29.9 Å². The Hall–Kier alpha value is -1.72. The number of rotatable bonds is 1. The van der Waals surface area contributed by atoms with E-state index in [-0.39, 0.29) is 22.1 Å². The first-order valence-electron chi connectivity index (χ1n) is 5.88. The SMILES string of the molecule is CC(C)(C)c1ccc2c(O)c(O)c([Si]O)c(O)c2c1. The number of hydrogen-bond acceptors (Lipinski definition) is 4. The van der Waals surface area contributed by atoms with Crippen LogP contribution in [0.3, 0.4) is 0 Å². The summed E-state index contributed by atoms with van der Waals surface area (Å²) in [6.07, 6.45) is 0. The van der Waals surface area contributed by atoms with Crippen molar-refractivity contribution in [3.05, 3.63) is 23.8 Å². The highest BCUT2D eigenvalue weighted by Gasteiger charge is 2.21. The molecule has 0 aliphatic carbocycles.